The fourth-order valence-corrected chi connectivity index (χ4v) is 3.24. The lowest BCUT2D eigenvalue weighted by Crippen LogP contribution is -2.31. The lowest BCUT2D eigenvalue weighted by Gasteiger charge is -2.27. The average Bonchev–Trinajstić information content (AvgIpc) is 2.02. The molecule has 0 aromatic rings. The van der Waals surface area contributed by atoms with Crippen molar-refractivity contribution in [2.75, 3.05) is 0 Å². The van der Waals surface area contributed by atoms with Crippen molar-refractivity contribution in [2.24, 2.45) is 17.8 Å². The molecule has 0 saturated carbocycles. The number of hydrogen-bond donors (Lipinski definition) is 0. The number of rotatable bonds is 2. The topological polar surface area (TPSA) is 34.1 Å². The van der Waals surface area contributed by atoms with Crippen molar-refractivity contribution in [3.63, 3.8) is 0 Å². The molecule has 0 heterocycles. The van der Waals surface area contributed by atoms with Crippen LogP contribution < -0.4 is 0 Å². The maximum absolute atomic E-state index is 11.3. The third kappa shape index (κ3) is 2.74. The summed E-state index contributed by atoms with van der Waals surface area (Å²) < 4.78 is 0.167. The van der Waals surface area contributed by atoms with Crippen molar-refractivity contribution in [1.82, 2.24) is 0 Å². The first-order chi connectivity index (χ1) is 6.04. The summed E-state index contributed by atoms with van der Waals surface area (Å²) in [6.45, 7) is 2.03. The zero-order valence-corrected chi connectivity index (χ0v) is 11.5. The molecule has 3 unspecified atom stereocenters. The Hall–Kier alpha value is 0.540. The lowest BCUT2D eigenvalue weighted by molar-refractivity contribution is -0.121. The van der Waals surface area contributed by atoms with Crippen LogP contribution in [0.4, 0.5) is 0 Å². The van der Waals surface area contributed by atoms with Crippen molar-refractivity contribution >= 4 is 52.8 Å². The van der Waals surface area contributed by atoms with E-state index in [-0.39, 0.29) is 25.3 Å². The van der Waals surface area contributed by atoms with Gasteiger partial charge in [0.05, 0.1) is 5.92 Å². The number of allylic oxidation sites excluding steroid dienone is 2. The molecule has 0 aromatic carbocycles. The molecule has 1 rings (SSSR count). The summed E-state index contributed by atoms with van der Waals surface area (Å²) >= 11 is 3.57. The summed E-state index contributed by atoms with van der Waals surface area (Å²) in [5.74, 6) is -0.0261. The van der Waals surface area contributed by atoms with Gasteiger partial charge in [-0.3, -0.25) is 9.59 Å². The highest BCUT2D eigenvalue weighted by Gasteiger charge is 2.35. The largest absolute Gasteiger partial charge is 0.287 e. The van der Waals surface area contributed by atoms with Gasteiger partial charge in [0, 0.05) is 28.5 Å². The Morgan fingerprint density at radius 3 is 2.31 bits per heavy atom. The number of carbonyl (C=O) groups excluding carboxylic acids is 2. The molecule has 0 spiro atoms. The lowest BCUT2D eigenvalue weighted by atomic mass is 9.78. The van der Waals surface area contributed by atoms with Gasteiger partial charge >= 0.3 is 0 Å². The SMILES string of the molecule is CC1CC=CC(C(=O)I)C1C(=O)I. The van der Waals surface area contributed by atoms with E-state index in [9.17, 15) is 9.59 Å². The van der Waals surface area contributed by atoms with E-state index < -0.39 is 0 Å². The van der Waals surface area contributed by atoms with Gasteiger partial charge in [-0.1, -0.05) is 19.1 Å². The summed E-state index contributed by atoms with van der Waals surface area (Å²) in [5, 5.41) is 0. The second-order valence-corrected chi connectivity index (χ2v) is 5.43. The van der Waals surface area contributed by atoms with Crippen LogP contribution in [0.2, 0.25) is 0 Å². The van der Waals surface area contributed by atoms with E-state index in [1.165, 1.54) is 0 Å². The van der Waals surface area contributed by atoms with Gasteiger partial charge in [-0.2, -0.15) is 0 Å². The van der Waals surface area contributed by atoms with Crippen molar-refractivity contribution in [3.8, 4) is 0 Å². The fraction of sp³-hybridized carbons (Fsp3) is 0.556. The van der Waals surface area contributed by atoms with Crippen molar-refractivity contribution in [1.29, 1.82) is 0 Å². The molecular formula is C9H10I2O2. The summed E-state index contributed by atoms with van der Waals surface area (Å²) in [7, 11) is 0. The van der Waals surface area contributed by atoms with Gasteiger partial charge in [0.25, 0.3) is 0 Å². The highest BCUT2D eigenvalue weighted by molar-refractivity contribution is 14.1. The highest BCUT2D eigenvalue weighted by Crippen LogP contribution is 2.34. The molecule has 0 aromatic heterocycles. The second kappa shape index (κ2) is 4.86. The molecule has 0 bridgehead atoms. The van der Waals surface area contributed by atoms with Gasteiger partial charge < -0.3 is 0 Å². The van der Waals surface area contributed by atoms with Crippen LogP contribution in [0.1, 0.15) is 13.3 Å². The molecule has 72 valence electrons. The quantitative estimate of drug-likeness (QED) is 0.403. The zero-order valence-electron chi connectivity index (χ0n) is 7.17. The van der Waals surface area contributed by atoms with E-state index in [2.05, 4.69) is 0 Å². The van der Waals surface area contributed by atoms with E-state index >= 15 is 0 Å². The zero-order chi connectivity index (χ0) is 10.0. The summed E-state index contributed by atoms with van der Waals surface area (Å²) in [6, 6.07) is 0. The predicted molar refractivity (Wildman–Crippen MR) is 68.0 cm³/mol. The van der Waals surface area contributed by atoms with Crippen LogP contribution in [-0.2, 0) is 9.59 Å². The van der Waals surface area contributed by atoms with Crippen molar-refractivity contribution in [3.05, 3.63) is 12.2 Å². The van der Waals surface area contributed by atoms with E-state index in [0.717, 1.165) is 6.42 Å². The molecule has 1 aliphatic carbocycles. The van der Waals surface area contributed by atoms with E-state index in [4.69, 9.17) is 0 Å². The van der Waals surface area contributed by atoms with Crippen LogP contribution in [0.15, 0.2) is 12.2 Å². The van der Waals surface area contributed by atoms with Crippen LogP contribution in [0.3, 0.4) is 0 Å². The van der Waals surface area contributed by atoms with Crippen LogP contribution in [0, 0.1) is 17.8 Å². The minimum absolute atomic E-state index is 0.0652. The van der Waals surface area contributed by atoms with Crippen LogP contribution >= 0.6 is 45.2 Å². The molecule has 0 radical (unpaired) electrons. The van der Waals surface area contributed by atoms with E-state index in [1.54, 1.807) is 45.2 Å². The van der Waals surface area contributed by atoms with Gasteiger partial charge in [-0.25, -0.2) is 0 Å². The molecule has 1 aliphatic rings. The maximum Gasteiger partial charge on any atom is 0.199 e. The Labute approximate surface area is 105 Å². The first-order valence-corrected chi connectivity index (χ1v) is 6.25. The van der Waals surface area contributed by atoms with Gasteiger partial charge in [0.2, 0.25) is 0 Å². The molecule has 2 nitrogen and oxygen atoms in total. The normalized spacial score (nSPS) is 33.0. The summed E-state index contributed by atoms with van der Waals surface area (Å²) in [6.07, 6.45) is 4.78. The average molecular weight is 404 g/mol. The Morgan fingerprint density at radius 1 is 1.31 bits per heavy atom. The van der Waals surface area contributed by atoms with Gasteiger partial charge in [-0.05, 0) is 34.9 Å². The molecule has 13 heavy (non-hydrogen) atoms. The first kappa shape index (κ1) is 11.6. The third-order valence-corrected chi connectivity index (χ3v) is 3.81. The highest BCUT2D eigenvalue weighted by atomic mass is 127. The molecular weight excluding hydrogens is 394 g/mol. The third-order valence-electron chi connectivity index (χ3n) is 2.38. The Bertz CT molecular complexity index is 260. The Morgan fingerprint density at radius 2 is 1.92 bits per heavy atom. The molecule has 0 saturated heterocycles. The second-order valence-electron chi connectivity index (χ2n) is 3.30. The molecule has 0 amide bonds. The minimum atomic E-state index is -0.200. The molecule has 4 heteroatoms. The number of halogens is 2. The number of carbonyl (C=O) groups is 2. The smallest absolute Gasteiger partial charge is 0.199 e. The molecule has 0 aliphatic heterocycles. The van der Waals surface area contributed by atoms with E-state index in [0.29, 0.717) is 0 Å². The van der Waals surface area contributed by atoms with Crippen LogP contribution in [0.5, 0.6) is 0 Å². The first-order valence-electron chi connectivity index (χ1n) is 4.09. The monoisotopic (exact) mass is 404 g/mol. The minimum Gasteiger partial charge on any atom is -0.287 e. The van der Waals surface area contributed by atoms with Crippen LogP contribution in [-0.4, -0.2) is 7.58 Å². The van der Waals surface area contributed by atoms with Crippen LogP contribution in [0.25, 0.3) is 0 Å². The standard InChI is InChI=1S/C9H10I2O2/c1-5-3-2-4-6(8(10)12)7(5)9(11)13/h2,4-7H,3H2,1H3. The number of hydrogen-bond acceptors (Lipinski definition) is 2. The van der Waals surface area contributed by atoms with Crippen molar-refractivity contribution < 1.29 is 9.59 Å². The summed E-state index contributed by atoms with van der Waals surface area (Å²) in [5.41, 5.74) is 0. The van der Waals surface area contributed by atoms with Gasteiger partial charge in [0.15, 0.2) is 7.58 Å². The Kier molecular flexibility index (Phi) is 4.34. The molecule has 3 atom stereocenters. The Balaban J connectivity index is 2.91. The van der Waals surface area contributed by atoms with Gasteiger partial charge in [-0.15, -0.1) is 0 Å². The summed E-state index contributed by atoms with van der Waals surface area (Å²) in [4.78, 5) is 22.6. The van der Waals surface area contributed by atoms with Crippen molar-refractivity contribution in [2.45, 2.75) is 13.3 Å². The van der Waals surface area contributed by atoms with Gasteiger partial charge in [0.1, 0.15) is 0 Å². The molecule has 0 N–H and O–H groups in total. The fourth-order valence-electron chi connectivity index (χ4n) is 1.64. The maximum atomic E-state index is 11.3. The predicted octanol–water partition coefficient (Wildman–Crippen LogP) is 2.74. The molecule has 0 fully saturated rings. The van der Waals surface area contributed by atoms with E-state index in [1.807, 2.05) is 19.1 Å².